The smallest absolute Gasteiger partial charge is 0.252 e. The Labute approximate surface area is 148 Å². The predicted octanol–water partition coefficient (Wildman–Crippen LogP) is 2.72. The standard InChI is InChI=1S/C17H26N2O3S2/c1-13-7-10-18(11-8-13)17(20)15-4-3-9-19(12-15)24(21,22)16-6-5-14(2)23-16/h5-6,13,15H,3-4,7-12H2,1-2H3. The summed E-state index contributed by atoms with van der Waals surface area (Å²) in [4.78, 5) is 15.7. The average Bonchev–Trinajstić information content (AvgIpc) is 3.02. The first kappa shape index (κ1) is 17.9. The third-order valence-corrected chi connectivity index (χ3v) is 8.47. The zero-order valence-corrected chi connectivity index (χ0v) is 16.0. The van der Waals surface area contributed by atoms with Crippen LogP contribution in [-0.2, 0) is 14.8 Å². The molecule has 134 valence electrons. The summed E-state index contributed by atoms with van der Waals surface area (Å²) in [5.41, 5.74) is 0. The van der Waals surface area contributed by atoms with Gasteiger partial charge >= 0.3 is 0 Å². The number of piperidine rings is 2. The van der Waals surface area contributed by atoms with Crippen molar-refractivity contribution in [2.45, 2.75) is 43.7 Å². The molecule has 3 heterocycles. The van der Waals surface area contributed by atoms with Crippen LogP contribution in [0.4, 0.5) is 0 Å². The maximum atomic E-state index is 12.8. The van der Waals surface area contributed by atoms with Crippen LogP contribution in [-0.4, -0.2) is 49.7 Å². The van der Waals surface area contributed by atoms with Crippen LogP contribution in [0.5, 0.6) is 0 Å². The Morgan fingerprint density at radius 2 is 1.88 bits per heavy atom. The normalized spacial score (nSPS) is 24.2. The number of hydrogen-bond acceptors (Lipinski definition) is 4. The second-order valence-corrected chi connectivity index (χ2v) is 10.5. The number of nitrogens with zero attached hydrogens (tertiary/aromatic N) is 2. The maximum absolute atomic E-state index is 12.8. The number of likely N-dealkylation sites (tertiary alicyclic amines) is 1. The zero-order valence-electron chi connectivity index (χ0n) is 14.4. The molecule has 1 unspecified atom stereocenters. The highest BCUT2D eigenvalue weighted by molar-refractivity contribution is 7.91. The van der Waals surface area contributed by atoms with Crippen molar-refractivity contribution in [3.63, 3.8) is 0 Å². The number of thiophene rings is 1. The van der Waals surface area contributed by atoms with Crippen molar-refractivity contribution in [1.29, 1.82) is 0 Å². The van der Waals surface area contributed by atoms with Gasteiger partial charge in [-0.15, -0.1) is 11.3 Å². The Kier molecular flexibility index (Phi) is 5.32. The van der Waals surface area contributed by atoms with Crippen LogP contribution in [0.3, 0.4) is 0 Å². The van der Waals surface area contributed by atoms with Gasteiger partial charge in [0.25, 0.3) is 10.0 Å². The van der Waals surface area contributed by atoms with Crippen molar-refractivity contribution >= 4 is 27.3 Å². The van der Waals surface area contributed by atoms with E-state index in [9.17, 15) is 13.2 Å². The Bertz CT molecular complexity index is 690. The molecule has 0 bridgehead atoms. The second kappa shape index (κ2) is 7.14. The van der Waals surface area contributed by atoms with E-state index in [0.717, 1.165) is 43.6 Å². The number of carbonyl (C=O) groups excluding carboxylic acids is 1. The Morgan fingerprint density at radius 3 is 2.50 bits per heavy atom. The van der Waals surface area contributed by atoms with Crippen molar-refractivity contribution in [2.24, 2.45) is 11.8 Å². The van der Waals surface area contributed by atoms with Crippen molar-refractivity contribution in [3.05, 3.63) is 17.0 Å². The number of aryl methyl sites for hydroxylation is 1. The molecule has 0 aliphatic carbocycles. The van der Waals surface area contributed by atoms with Crippen molar-refractivity contribution < 1.29 is 13.2 Å². The van der Waals surface area contributed by atoms with Gasteiger partial charge in [0.05, 0.1) is 5.92 Å². The number of hydrogen-bond donors (Lipinski definition) is 0. The summed E-state index contributed by atoms with van der Waals surface area (Å²) >= 11 is 1.30. The summed E-state index contributed by atoms with van der Waals surface area (Å²) in [6.45, 7) is 6.59. The Balaban J connectivity index is 1.69. The van der Waals surface area contributed by atoms with Gasteiger partial charge in [-0.3, -0.25) is 4.79 Å². The highest BCUT2D eigenvalue weighted by Gasteiger charge is 2.36. The minimum absolute atomic E-state index is 0.143. The van der Waals surface area contributed by atoms with Crippen LogP contribution in [0.2, 0.25) is 0 Å². The van der Waals surface area contributed by atoms with E-state index in [0.29, 0.717) is 23.2 Å². The van der Waals surface area contributed by atoms with Crippen LogP contribution < -0.4 is 0 Å². The third-order valence-electron chi connectivity index (χ3n) is 5.14. The molecule has 0 radical (unpaired) electrons. The van der Waals surface area contributed by atoms with E-state index in [1.54, 1.807) is 6.07 Å². The van der Waals surface area contributed by atoms with E-state index >= 15 is 0 Å². The van der Waals surface area contributed by atoms with Gasteiger partial charge in [0.2, 0.25) is 5.91 Å². The van der Waals surface area contributed by atoms with Crippen LogP contribution >= 0.6 is 11.3 Å². The van der Waals surface area contributed by atoms with E-state index in [1.165, 1.54) is 15.6 Å². The summed E-state index contributed by atoms with van der Waals surface area (Å²) in [7, 11) is -3.47. The molecule has 0 N–H and O–H groups in total. The fourth-order valence-corrected chi connectivity index (χ4v) is 6.49. The van der Waals surface area contributed by atoms with Crippen LogP contribution in [0.25, 0.3) is 0 Å². The lowest BCUT2D eigenvalue weighted by Crippen LogP contribution is -2.48. The van der Waals surface area contributed by atoms with Gasteiger partial charge < -0.3 is 4.90 Å². The molecule has 3 rings (SSSR count). The van der Waals surface area contributed by atoms with Gasteiger partial charge in [0, 0.05) is 31.1 Å². The lowest BCUT2D eigenvalue weighted by atomic mass is 9.94. The van der Waals surface area contributed by atoms with Gasteiger partial charge in [0.1, 0.15) is 4.21 Å². The number of rotatable bonds is 3. The lowest BCUT2D eigenvalue weighted by molar-refractivity contribution is -0.138. The molecule has 2 aliphatic rings. The summed E-state index contributed by atoms with van der Waals surface area (Å²) in [6, 6.07) is 3.51. The van der Waals surface area contributed by atoms with E-state index in [1.807, 2.05) is 17.9 Å². The molecule has 7 heteroatoms. The largest absolute Gasteiger partial charge is 0.342 e. The minimum Gasteiger partial charge on any atom is -0.342 e. The van der Waals surface area contributed by atoms with E-state index in [-0.39, 0.29) is 11.8 Å². The van der Waals surface area contributed by atoms with E-state index in [2.05, 4.69) is 6.92 Å². The molecule has 2 aliphatic heterocycles. The lowest BCUT2D eigenvalue weighted by Gasteiger charge is -2.36. The maximum Gasteiger partial charge on any atom is 0.252 e. The van der Waals surface area contributed by atoms with Crippen LogP contribution in [0, 0.1) is 18.8 Å². The molecular weight excluding hydrogens is 344 g/mol. The molecular formula is C17H26N2O3S2. The second-order valence-electron chi connectivity index (χ2n) is 7.08. The fourth-order valence-electron chi connectivity index (χ4n) is 3.53. The molecule has 1 amide bonds. The number of sulfonamides is 1. The van der Waals surface area contributed by atoms with Crippen LogP contribution in [0.1, 0.15) is 37.5 Å². The van der Waals surface area contributed by atoms with E-state index in [4.69, 9.17) is 0 Å². The molecule has 1 atom stereocenters. The molecule has 2 fully saturated rings. The molecule has 0 spiro atoms. The molecule has 2 saturated heterocycles. The van der Waals surface area contributed by atoms with Gasteiger partial charge in [-0.1, -0.05) is 6.92 Å². The molecule has 24 heavy (non-hydrogen) atoms. The first-order valence-corrected chi connectivity index (χ1v) is 11.0. The van der Waals surface area contributed by atoms with Gasteiger partial charge in [-0.05, 0) is 50.7 Å². The fraction of sp³-hybridized carbons (Fsp3) is 0.706. The molecule has 1 aromatic rings. The predicted molar refractivity (Wildman–Crippen MR) is 95.5 cm³/mol. The van der Waals surface area contributed by atoms with E-state index < -0.39 is 10.0 Å². The highest BCUT2D eigenvalue weighted by atomic mass is 32.2. The first-order valence-electron chi connectivity index (χ1n) is 8.73. The number of amides is 1. The summed E-state index contributed by atoms with van der Waals surface area (Å²) < 4.78 is 27.5. The first-order chi connectivity index (χ1) is 11.4. The molecule has 1 aromatic heterocycles. The van der Waals surface area contributed by atoms with Crippen molar-refractivity contribution in [2.75, 3.05) is 26.2 Å². The van der Waals surface area contributed by atoms with Crippen molar-refractivity contribution in [1.82, 2.24) is 9.21 Å². The Hall–Kier alpha value is -0.920. The van der Waals surface area contributed by atoms with Gasteiger partial charge in [-0.2, -0.15) is 4.31 Å². The zero-order chi connectivity index (χ0) is 17.3. The molecule has 0 saturated carbocycles. The quantitative estimate of drug-likeness (QED) is 0.822. The molecule has 0 aromatic carbocycles. The number of carbonyl (C=O) groups is 1. The SMILES string of the molecule is Cc1ccc(S(=O)(=O)N2CCCC(C(=O)N3CCC(C)CC3)C2)s1. The summed E-state index contributed by atoms with van der Waals surface area (Å²) in [5, 5.41) is 0. The monoisotopic (exact) mass is 370 g/mol. The van der Waals surface area contributed by atoms with Gasteiger partial charge in [0.15, 0.2) is 0 Å². The van der Waals surface area contributed by atoms with Gasteiger partial charge in [-0.25, -0.2) is 8.42 Å². The third kappa shape index (κ3) is 3.68. The topological polar surface area (TPSA) is 57.7 Å². The minimum atomic E-state index is -3.47. The van der Waals surface area contributed by atoms with Crippen LogP contribution in [0.15, 0.2) is 16.3 Å². The highest BCUT2D eigenvalue weighted by Crippen LogP contribution is 2.29. The summed E-state index contributed by atoms with van der Waals surface area (Å²) in [6.07, 6.45) is 3.65. The average molecular weight is 371 g/mol. The Morgan fingerprint density at radius 1 is 1.17 bits per heavy atom. The summed E-state index contributed by atoms with van der Waals surface area (Å²) in [5.74, 6) is 0.631. The molecule has 5 nitrogen and oxygen atoms in total. The van der Waals surface area contributed by atoms with Crippen molar-refractivity contribution in [3.8, 4) is 0 Å².